The van der Waals surface area contributed by atoms with Gasteiger partial charge in [0.1, 0.15) is 12.8 Å². The van der Waals surface area contributed by atoms with E-state index in [0.29, 0.717) is 43.4 Å². The number of β-amino-alcohol motifs (C(OH)–C–C–N with tert-alkyl or cyclic N) is 1. The van der Waals surface area contributed by atoms with E-state index in [9.17, 15) is 14.7 Å². The Morgan fingerprint density at radius 2 is 2.17 bits per heavy atom. The van der Waals surface area contributed by atoms with Crippen molar-refractivity contribution in [3.8, 4) is 0 Å². The first-order valence-electron chi connectivity index (χ1n) is 9.96. The van der Waals surface area contributed by atoms with Crippen molar-refractivity contribution in [2.75, 3.05) is 26.7 Å². The van der Waals surface area contributed by atoms with Crippen molar-refractivity contribution >= 4 is 16.8 Å². The van der Waals surface area contributed by atoms with Crippen LogP contribution in [-0.2, 0) is 17.9 Å². The van der Waals surface area contributed by atoms with Crippen molar-refractivity contribution < 1.29 is 14.4 Å². The molecule has 1 unspecified atom stereocenters. The molecule has 2 aromatic heterocycles. The molecule has 9 heteroatoms. The van der Waals surface area contributed by atoms with Crippen LogP contribution in [0.5, 0.6) is 0 Å². The number of aliphatic hydroxyl groups is 1. The fraction of sp³-hybridized carbons (Fsp3) is 0.429. The summed E-state index contributed by atoms with van der Waals surface area (Å²) in [5, 5.41) is 15.5. The minimum atomic E-state index is -1.01. The van der Waals surface area contributed by atoms with Crippen molar-refractivity contribution in [1.82, 2.24) is 24.5 Å². The lowest BCUT2D eigenvalue weighted by Gasteiger charge is -2.41. The van der Waals surface area contributed by atoms with Gasteiger partial charge in [-0.1, -0.05) is 17.3 Å². The highest BCUT2D eigenvalue weighted by Crippen LogP contribution is 2.23. The zero-order valence-corrected chi connectivity index (χ0v) is 16.9. The number of aromatic nitrogens is 3. The second-order valence-electron chi connectivity index (χ2n) is 8.00. The summed E-state index contributed by atoms with van der Waals surface area (Å²) in [4.78, 5) is 33.4. The van der Waals surface area contributed by atoms with Crippen LogP contribution in [0, 0.1) is 0 Å². The van der Waals surface area contributed by atoms with Crippen molar-refractivity contribution in [3.63, 3.8) is 0 Å². The molecule has 9 nitrogen and oxygen atoms in total. The van der Waals surface area contributed by atoms with Gasteiger partial charge < -0.3 is 14.5 Å². The second-order valence-corrected chi connectivity index (χ2v) is 8.00. The molecule has 158 valence electrons. The van der Waals surface area contributed by atoms with Crippen molar-refractivity contribution in [2.24, 2.45) is 0 Å². The van der Waals surface area contributed by atoms with E-state index in [4.69, 9.17) is 4.52 Å². The van der Waals surface area contributed by atoms with Crippen LogP contribution in [0.25, 0.3) is 10.9 Å². The van der Waals surface area contributed by atoms with Gasteiger partial charge in [0.05, 0.1) is 35.1 Å². The number of hydrogen-bond donors (Lipinski definition) is 1. The number of amides is 1. The normalized spacial score (nSPS) is 19.5. The molecule has 1 fully saturated rings. The number of likely N-dealkylation sites (N-methyl/N-ethyl adjacent to an activating group) is 1. The largest absolute Gasteiger partial charge is 0.387 e. The number of hydrogen-bond acceptors (Lipinski definition) is 7. The molecule has 1 aliphatic rings. The molecule has 0 bridgehead atoms. The van der Waals surface area contributed by atoms with Crippen molar-refractivity contribution in [2.45, 2.75) is 31.5 Å². The zero-order chi connectivity index (χ0) is 21.1. The summed E-state index contributed by atoms with van der Waals surface area (Å²) in [6, 6.07) is 8.85. The van der Waals surface area contributed by atoms with Crippen LogP contribution in [0.4, 0.5) is 0 Å². The highest BCUT2D eigenvalue weighted by molar-refractivity contribution is 5.79. The number of fused-ring (bicyclic) bond motifs is 1. The number of carbonyl (C=O) groups excluding carboxylic acids is 1. The third kappa shape index (κ3) is 4.42. The smallest absolute Gasteiger partial charge is 0.261 e. The Morgan fingerprint density at radius 1 is 1.33 bits per heavy atom. The third-order valence-electron chi connectivity index (χ3n) is 5.43. The summed E-state index contributed by atoms with van der Waals surface area (Å²) in [5.41, 5.74) is 0.134. The van der Waals surface area contributed by atoms with Gasteiger partial charge >= 0.3 is 0 Å². The van der Waals surface area contributed by atoms with Crippen LogP contribution in [0.2, 0.25) is 0 Å². The van der Waals surface area contributed by atoms with Gasteiger partial charge in [-0.2, -0.15) is 0 Å². The molecule has 1 atom stereocenters. The average Bonchev–Trinajstić information content (AvgIpc) is 3.22. The van der Waals surface area contributed by atoms with Crippen LogP contribution in [-0.4, -0.2) is 67.8 Å². The predicted molar refractivity (Wildman–Crippen MR) is 110 cm³/mol. The number of likely N-dealkylation sites (tertiary alicyclic amines) is 1. The molecule has 1 saturated heterocycles. The summed E-state index contributed by atoms with van der Waals surface area (Å²) >= 11 is 0. The summed E-state index contributed by atoms with van der Waals surface area (Å²) in [6.45, 7) is 1.64. The van der Waals surface area contributed by atoms with Gasteiger partial charge in [0, 0.05) is 25.7 Å². The van der Waals surface area contributed by atoms with E-state index in [1.165, 1.54) is 17.2 Å². The minimum Gasteiger partial charge on any atom is -0.387 e. The van der Waals surface area contributed by atoms with Crippen molar-refractivity contribution in [1.29, 1.82) is 0 Å². The van der Waals surface area contributed by atoms with E-state index < -0.39 is 5.60 Å². The van der Waals surface area contributed by atoms with Crippen LogP contribution < -0.4 is 5.56 Å². The Labute approximate surface area is 173 Å². The van der Waals surface area contributed by atoms with E-state index in [1.807, 2.05) is 18.0 Å². The topological polar surface area (TPSA) is 105 Å². The summed E-state index contributed by atoms with van der Waals surface area (Å²) in [7, 11) is 1.90. The molecule has 4 rings (SSSR count). The molecule has 1 aliphatic heterocycles. The first-order chi connectivity index (χ1) is 14.4. The standard InChI is InChI=1S/C21H25N5O4/c1-24(11-16-7-10-30-23-16)13-21(29)8-4-9-25(14-21)19(27)12-26-15-22-18-6-3-2-5-17(18)20(26)28/h2-3,5-7,10,15,29H,4,8-9,11-14H2,1H3. The third-order valence-corrected chi connectivity index (χ3v) is 5.43. The van der Waals surface area contributed by atoms with Gasteiger partial charge in [-0.05, 0) is 32.0 Å². The summed E-state index contributed by atoms with van der Waals surface area (Å²) in [6.07, 6.45) is 4.23. The van der Waals surface area contributed by atoms with Crippen LogP contribution in [0.1, 0.15) is 18.5 Å². The lowest BCUT2D eigenvalue weighted by Crippen LogP contribution is -2.55. The molecule has 1 amide bonds. The van der Waals surface area contributed by atoms with Gasteiger partial charge in [-0.3, -0.25) is 19.1 Å². The minimum absolute atomic E-state index is 0.0957. The fourth-order valence-corrected chi connectivity index (χ4v) is 4.07. The number of benzene rings is 1. The van der Waals surface area contributed by atoms with E-state index in [0.717, 1.165) is 5.69 Å². The lowest BCUT2D eigenvalue weighted by atomic mass is 9.92. The Hall–Kier alpha value is -3.04. The Morgan fingerprint density at radius 3 is 2.97 bits per heavy atom. The molecule has 1 aromatic carbocycles. The molecule has 0 saturated carbocycles. The fourth-order valence-electron chi connectivity index (χ4n) is 4.07. The maximum atomic E-state index is 12.9. The quantitative estimate of drug-likeness (QED) is 0.642. The summed E-state index contributed by atoms with van der Waals surface area (Å²) in [5.74, 6) is -0.202. The van der Waals surface area contributed by atoms with Gasteiger partial charge in [0.15, 0.2) is 0 Å². The number of nitrogens with zero attached hydrogens (tertiary/aromatic N) is 5. The van der Waals surface area contributed by atoms with Gasteiger partial charge in [0.25, 0.3) is 5.56 Å². The van der Waals surface area contributed by atoms with Crippen LogP contribution >= 0.6 is 0 Å². The monoisotopic (exact) mass is 411 g/mol. The molecular formula is C21H25N5O4. The Balaban J connectivity index is 1.42. The molecule has 0 radical (unpaired) electrons. The number of rotatable bonds is 6. The van der Waals surface area contributed by atoms with Gasteiger partial charge in [-0.15, -0.1) is 0 Å². The molecule has 0 spiro atoms. The van der Waals surface area contributed by atoms with Gasteiger partial charge in [0.2, 0.25) is 5.91 Å². The first-order valence-corrected chi connectivity index (χ1v) is 9.96. The number of carbonyl (C=O) groups is 1. The molecule has 1 N–H and O–H groups in total. The van der Waals surface area contributed by atoms with E-state index in [2.05, 4.69) is 10.1 Å². The van der Waals surface area contributed by atoms with E-state index in [1.54, 1.807) is 29.2 Å². The number of piperidine rings is 1. The second kappa shape index (κ2) is 8.37. The van der Waals surface area contributed by atoms with E-state index >= 15 is 0 Å². The van der Waals surface area contributed by atoms with Crippen molar-refractivity contribution in [3.05, 3.63) is 59.0 Å². The molecule has 3 heterocycles. The van der Waals surface area contributed by atoms with E-state index in [-0.39, 0.29) is 24.6 Å². The Bertz CT molecular complexity index is 1080. The molecular weight excluding hydrogens is 386 g/mol. The maximum absolute atomic E-state index is 12.9. The highest BCUT2D eigenvalue weighted by atomic mass is 16.5. The molecule has 0 aliphatic carbocycles. The first kappa shape index (κ1) is 20.2. The maximum Gasteiger partial charge on any atom is 0.261 e. The van der Waals surface area contributed by atoms with Gasteiger partial charge in [-0.25, -0.2) is 4.98 Å². The summed E-state index contributed by atoms with van der Waals surface area (Å²) < 4.78 is 6.18. The number of para-hydroxylation sites is 1. The predicted octanol–water partition coefficient (Wildman–Crippen LogP) is 0.870. The highest BCUT2D eigenvalue weighted by Gasteiger charge is 2.36. The SMILES string of the molecule is CN(Cc1ccon1)CC1(O)CCCN(C(=O)Cn2cnc3ccccc3c2=O)C1. The molecule has 30 heavy (non-hydrogen) atoms. The zero-order valence-electron chi connectivity index (χ0n) is 16.9. The molecule has 3 aromatic rings. The average molecular weight is 411 g/mol. The lowest BCUT2D eigenvalue weighted by molar-refractivity contribution is -0.140. The Kier molecular flexibility index (Phi) is 5.65. The van der Waals surface area contributed by atoms with Crippen LogP contribution in [0.3, 0.4) is 0 Å². The van der Waals surface area contributed by atoms with Crippen LogP contribution in [0.15, 0.2) is 52.2 Å².